The van der Waals surface area contributed by atoms with Gasteiger partial charge >= 0.3 is 0 Å². The van der Waals surface area contributed by atoms with Crippen LogP contribution in [0.15, 0.2) is 30.3 Å². The molecule has 0 spiro atoms. The zero-order valence-corrected chi connectivity index (χ0v) is 13.8. The summed E-state index contributed by atoms with van der Waals surface area (Å²) in [6.07, 6.45) is 0. The molecule has 0 fully saturated rings. The summed E-state index contributed by atoms with van der Waals surface area (Å²) in [5, 5.41) is 3.36. The van der Waals surface area contributed by atoms with Crippen LogP contribution in [0.1, 0.15) is 45.1 Å². The van der Waals surface area contributed by atoms with Crippen molar-refractivity contribution in [2.24, 2.45) is 0 Å². The zero-order valence-electron chi connectivity index (χ0n) is 13.8. The first kappa shape index (κ1) is 16.1. The monoisotopic (exact) mass is 300 g/mol. The van der Waals surface area contributed by atoms with Gasteiger partial charge in [-0.3, -0.25) is 0 Å². The number of ether oxygens (including phenoxy) is 1. The number of hydrogen-bond acceptors (Lipinski definition) is 5. The van der Waals surface area contributed by atoms with Crippen molar-refractivity contribution in [1.29, 1.82) is 0 Å². The Morgan fingerprint density at radius 1 is 1.14 bits per heavy atom. The second-order valence-corrected chi connectivity index (χ2v) is 6.35. The summed E-state index contributed by atoms with van der Waals surface area (Å²) in [6.45, 7) is 8.24. The molecule has 0 radical (unpaired) electrons. The molecule has 0 aliphatic carbocycles. The normalized spacial score (nSPS) is 12.8. The Morgan fingerprint density at radius 2 is 1.77 bits per heavy atom. The van der Waals surface area contributed by atoms with Crippen LogP contribution >= 0.6 is 0 Å². The van der Waals surface area contributed by atoms with Gasteiger partial charge in [-0.05, 0) is 12.5 Å². The first-order valence-electron chi connectivity index (χ1n) is 7.36. The molecule has 1 unspecified atom stereocenters. The summed E-state index contributed by atoms with van der Waals surface area (Å²) in [7, 11) is 1.57. The molecule has 1 aromatic heterocycles. The van der Waals surface area contributed by atoms with Crippen molar-refractivity contribution in [1.82, 2.24) is 9.97 Å². The Hall–Kier alpha value is -2.30. The van der Waals surface area contributed by atoms with E-state index in [0.717, 1.165) is 5.56 Å². The topological polar surface area (TPSA) is 73.1 Å². The largest absolute Gasteiger partial charge is 0.479 e. The average Bonchev–Trinajstić information content (AvgIpc) is 2.49. The quantitative estimate of drug-likeness (QED) is 0.903. The molecular weight excluding hydrogens is 276 g/mol. The van der Waals surface area contributed by atoms with Crippen molar-refractivity contribution < 1.29 is 4.74 Å². The molecule has 1 atom stereocenters. The van der Waals surface area contributed by atoms with Crippen molar-refractivity contribution >= 4 is 11.5 Å². The molecule has 1 aromatic carbocycles. The summed E-state index contributed by atoms with van der Waals surface area (Å²) in [5.41, 5.74) is 7.53. The Balaban J connectivity index is 2.37. The minimum Gasteiger partial charge on any atom is -0.479 e. The van der Waals surface area contributed by atoms with Gasteiger partial charge in [-0.1, -0.05) is 51.1 Å². The van der Waals surface area contributed by atoms with E-state index in [9.17, 15) is 0 Å². The highest BCUT2D eigenvalue weighted by Gasteiger charge is 2.22. The van der Waals surface area contributed by atoms with Crippen LogP contribution in [0.5, 0.6) is 5.88 Å². The van der Waals surface area contributed by atoms with Gasteiger partial charge in [0.1, 0.15) is 11.5 Å². The third-order valence-electron chi connectivity index (χ3n) is 3.43. The van der Waals surface area contributed by atoms with Crippen molar-refractivity contribution in [3.05, 3.63) is 41.7 Å². The number of benzene rings is 1. The minimum atomic E-state index is -0.187. The van der Waals surface area contributed by atoms with E-state index >= 15 is 0 Å². The number of hydrogen-bond donors (Lipinski definition) is 2. The molecule has 0 amide bonds. The van der Waals surface area contributed by atoms with Gasteiger partial charge in [0.05, 0.1) is 13.2 Å². The van der Waals surface area contributed by atoms with Crippen LogP contribution in [0.2, 0.25) is 0 Å². The molecule has 0 aliphatic rings. The molecule has 5 heteroatoms. The molecule has 3 N–H and O–H groups in total. The molecule has 2 aromatic rings. The number of rotatable bonds is 4. The molecule has 0 saturated heterocycles. The molecule has 5 nitrogen and oxygen atoms in total. The van der Waals surface area contributed by atoms with Crippen molar-refractivity contribution in [3.63, 3.8) is 0 Å². The van der Waals surface area contributed by atoms with Gasteiger partial charge < -0.3 is 15.8 Å². The molecular formula is C17H24N4O. The Labute approximate surface area is 131 Å². The van der Waals surface area contributed by atoms with E-state index in [1.54, 1.807) is 7.11 Å². The summed E-state index contributed by atoms with van der Waals surface area (Å²) in [4.78, 5) is 8.99. The lowest BCUT2D eigenvalue weighted by Crippen LogP contribution is -2.20. The maximum absolute atomic E-state index is 6.12. The maximum atomic E-state index is 6.12. The molecule has 22 heavy (non-hydrogen) atoms. The van der Waals surface area contributed by atoms with Gasteiger partial charge in [-0.2, -0.15) is 4.98 Å². The van der Waals surface area contributed by atoms with Crippen LogP contribution in [-0.4, -0.2) is 17.1 Å². The Bertz CT molecular complexity index is 635. The van der Waals surface area contributed by atoms with Crippen LogP contribution in [0.25, 0.3) is 0 Å². The van der Waals surface area contributed by atoms with E-state index < -0.39 is 0 Å². The van der Waals surface area contributed by atoms with Crippen LogP contribution < -0.4 is 15.8 Å². The van der Waals surface area contributed by atoms with Gasteiger partial charge in [0.2, 0.25) is 5.88 Å². The van der Waals surface area contributed by atoms with Gasteiger partial charge in [-0.15, -0.1) is 0 Å². The second kappa shape index (κ2) is 6.22. The number of nitrogens with two attached hydrogens (primary N) is 1. The molecule has 0 bridgehead atoms. The van der Waals surface area contributed by atoms with Crippen molar-refractivity contribution in [3.8, 4) is 5.88 Å². The number of nitrogens with zero attached hydrogens (tertiary/aromatic N) is 2. The smallest absolute Gasteiger partial charge is 0.242 e. The lowest BCUT2D eigenvalue weighted by molar-refractivity contribution is 0.391. The first-order valence-corrected chi connectivity index (χ1v) is 7.36. The molecule has 0 saturated carbocycles. The third-order valence-corrected chi connectivity index (χ3v) is 3.43. The number of aromatic nitrogens is 2. The highest BCUT2D eigenvalue weighted by atomic mass is 16.5. The van der Waals surface area contributed by atoms with Crippen LogP contribution in [-0.2, 0) is 5.41 Å². The highest BCUT2D eigenvalue weighted by molar-refractivity contribution is 5.67. The first-order chi connectivity index (χ1) is 10.3. The van der Waals surface area contributed by atoms with Crippen LogP contribution in [0.4, 0.5) is 11.5 Å². The number of methoxy groups -OCH3 is 1. The summed E-state index contributed by atoms with van der Waals surface area (Å²) < 4.78 is 5.29. The summed E-state index contributed by atoms with van der Waals surface area (Å²) in [5.74, 6) is 1.71. The maximum Gasteiger partial charge on any atom is 0.242 e. The van der Waals surface area contributed by atoms with E-state index in [4.69, 9.17) is 10.5 Å². The fourth-order valence-electron chi connectivity index (χ4n) is 2.08. The lowest BCUT2D eigenvalue weighted by atomic mass is 9.95. The van der Waals surface area contributed by atoms with E-state index in [-0.39, 0.29) is 11.5 Å². The molecule has 2 rings (SSSR count). The van der Waals surface area contributed by atoms with E-state index in [1.165, 1.54) is 0 Å². The van der Waals surface area contributed by atoms with Crippen LogP contribution in [0.3, 0.4) is 0 Å². The zero-order chi connectivity index (χ0) is 16.3. The third kappa shape index (κ3) is 3.47. The molecule has 1 heterocycles. The predicted octanol–water partition coefficient (Wildman–Crippen LogP) is 3.54. The van der Waals surface area contributed by atoms with Gasteiger partial charge in [0.15, 0.2) is 5.82 Å². The fraction of sp³-hybridized carbons (Fsp3) is 0.412. The van der Waals surface area contributed by atoms with Gasteiger partial charge in [0, 0.05) is 5.41 Å². The number of anilines is 2. The standard InChI is InChI=1S/C17H24N4O/c1-11(12-9-7-6-8-10-12)19-14-13(18)15(22-5)21-16(20-14)17(2,3)4/h6-11H,18H2,1-5H3,(H,19,20,21). The Morgan fingerprint density at radius 3 is 2.32 bits per heavy atom. The van der Waals surface area contributed by atoms with Crippen molar-refractivity contribution in [2.45, 2.75) is 39.2 Å². The highest BCUT2D eigenvalue weighted by Crippen LogP contribution is 2.32. The van der Waals surface area contributed by atoms with E-state index in [2.05, 4.69) is 55.1 Å². The minimum absolute atomic E-state index is 0.0796. The average molecular weight is 300 g/mol. The molecule has 0 aliphatic heterocycles. The van der Waals surface area contributed by atoms with Crippen LogP contribution in [0, 0.1) is 0 Å². The van der Waals surface area contributed by atoms with Crippen molar-refractivity contribution in [2.75, 3.05) is 18.2 Å². The van der Waals surface area contributed by atoms with Gasteiger partial charge in [0.25, 0.3) is 0 Å². The molecule has 118 valence electrons. The van der Waals surface area contributed by atoms with E-state index in [0.29, 0.717) is 23.2 Å². The second-order valence-electron chi connectivity index (χ2n) is 6.35. The van der Waals surface area contributed by atoms with E-state index in [1.807, 2.05) is 18.2 Å². The number of nitrogens with one attached hydrogen (secondary N) is 1. The SMILES string of the molecule is COc1nc(C(C)(C)C)nc(NC(C)c2ccccc2)c1N. The fourth-order valence-corrected chi connectivity index (χ4v) is 2.08. The predicted molar refractivity (Wildman–Crippen MR) is 90.2 cm³/mol. The van der Waals surface area contributed by atoms with Gasteiger partial charge in [-0.25, -0.2) is 4.98 Å². The summed E-state index contributed by atoms with van der Waals surface area (Å²) >= 11 is 0. The Kier molecular flexibility index (Phi) is 4.54. The number of nitrogen functional groups attached to an aromatic ring is 1. The summed E-state index contributed by atoms with van der Waals surface area (Å²) in [6, 6.07) is 10.2. The lowest BCUT2D eigenvalue weighted by Gasteiger charge is -2.22.